The zero-order valence-electron chi connectivity index (χ0n) is 9.90. The molecule has 0 radical (unpaired) electrons. The topological polar surface area (TPSA) is 17.1 Å². The van der Waals surface area contributed by atoms with E-state index in [1.807, 2.05) is 0 Å². The van der Waals surface area contributed by atoms with Crippen LogP contribution in [0.15, 0.2) is 34.6 Å². The second-order valence-electron chi connectivity index (χ2n) is 3.20. The van der Waals surface area contributed by atoms with Crippen LogP contribution in [0.5, 0.6) is 0 Å². The van der Waals surface area contributed by atoms with Crippen LogP contribution in [0.2, 0.25) is 5.02 Å². The minimum absolute atomic E-state index is 0.0403. The van der Waals surface area contributed by atoms with Gasteiger partial charge in [-0.25, -0.2) is 0 Å². The van der Waals surface area contributed by atoms with Crippen LogP contribution < -0.4 is 0 Å². The van der Waals surface area contributed by atoms with Crippen molar-refractivity contribution in [3.8, 4) is 0 Å². The van der Waals surface area contributed by atoms with Crippen LogP contribution in [-0.2, 0) is 0 Å². The highest BCUT2D eigenvalue weighted by atomic mass is 35.5. The standard InChI is InChI=1S/C13H15ClOS2/c1-3-16-13(17-4-2)9-12(15)10-5-7-11(14)8-6-10/h5-9H,3-4H2,1-2H3. The van der Waals surface area contributed by atoms with E-state index in [0.29, 0.717) is 10.6 Å². The average molecular weight is 287 g/mol. The molecular formula is C13H15ClOS2. The molecule has 0 amide bonds. The van der Waals surface area contributed by atoms with Crippen LogP contribution in [-0.4, -0.2) is 17.3 Å². The van der Waals surface area contributed by atoms with Crippen molar-refractivity contribution >= 4 is 40.9 Å². The number of hydrogen-bond acceptors (Lipinski definition) is 3. The summed E-state index contributed by atoms with van der Waals surface area (Å²) in [6.45, 7) is 4.17. The van der Waals surface area contributed by atoms with Crippen molar-refractivity contribution in [1.29, 1.82) is 0 Å². The van der Waals surface area contributed by atoms with E-state index < -0.39 is 0 Å². The van der Waals surface area contributed by atoms with Crippen molar-refractivity contribution in [3.05, 3.63) is 45.2 Å². The number of thioether (sulfide) groups is 2. The van der Waals surface area contributed by atoms with Crippen molar-refractivity contribution in [3.63, 3.8) is 0 Å². The van der Waals surface area contributed by atoms with Gasteiger partial charge in [-0.15, -0.1) is 23.5 Å². The van der Waals surface area contributed by atoms with Crippen molar-refractivity contribution in [1.82, 2.24) is 0 Å². The summed E-state index contributed by atoms with van der Waals surface area (Å²) in [7, 11) is 0. The lowest BCUT2D eigenvalue weighted by molar-refractivity contribution is 0.104. The summed E-state index contributed by atoms with van der Waals surface area (Å²) in [6.07, 6.45) is 1.71. The molecule has 0 saturated carbocycles. The van der Waals surface area contributed by atoms with E-state index in [1.54, 1.807) is 53.9 Å². The molecule has 0 atom stereocenters. The van der Waals surface area contributed by atoms with E-state index in [4.69, 9.17) is 11.6 Å². The summed E-state index contributed by atoms with van der Waals surface area (Å²) >= 11 is 9.20. The smallest absolute Gasteiger partial charge is 0.187 e. The number of carbonyl (C=O) groups is 1. The van der Waals surface area contributed by atoms with Crippen molar-refractivity contribution in [2.24, 2.45) is 0 Å². The minimum atomic E-state index is 0.0403. The monoisotopic (exact) mass is 286 g/mol. The van der Waals surface area contributed by atoms with E-state index in [-0.39, 0.29) is 5.78 Å². The Hall–Kier alpha value is -0.380. The maximum absolute atomic E-state index is 12.0. The molecule has 0 saturated heterocycles. The third-order valence-corrected chi connectivity index (χ3v) is 4.29. The molecule has 92 valence electrons. The molecule has 1 aromatic rings. The van der Waals surface area contributed by atoms with Gasteiger partial charge in [0.25, 0.3) is 0 Å². The van der Waals surface area contributed by atoms with Crippen LogP contribution in [0.4, 0.5) is 0 Å². The molecule has 0 unspecified atom stereocenters. The molecule has 1 nitrogen and oxygen atoms in total. The maximum Gasteiger partial charge on any atom is 0.187 e. The van der Waals surface area contributed by atoms with Crippen LogP contribution >= 0.6 is 35.1 Å². The van der Waals surface area contributed by atoms with Gasteiger partial charge in [0, 0.05) is 20.9 Å². The quantitative estimate of drug-likeness (QED) is 0.548. The summed E-state index contributed by atoms with van der Waals surface area (Å²) in [5, 5.41) is 0.650. The van der Waals surface area contributed by atoms with Gasteiger partial charge in [0.15, 0.2) is 5.78 Å². The van der Waals surface area contributed by atoms with Crippen LogP contribution in [0.1, 0.15) is 24.2 Å². The molecule has 0 aliphatic carbocycles. The zero-order valence-corrected chi connectivity index (χ0v) is 12.3. The Morgan fingerprint density at radius 2 is 1.71 bits per heavy atom. The van der Waals surface area contributed by atoms with Gasteiger partial charge in [-0.2, -0.15) is 0 Å². The van der Waals surface area contributed by atoms with Crippen molar-refractivity contribution < 1.29 is 4.79 Å². The number of allylic oxidation sites excluding steroid dienone is 1. The average Bonchev–Trinajstić information content (AvgIpc) is 2.30. The molecule has 0 aromatic heterocycles. The Morgan fingerprint density at radius 1 is 1.18 bits per heavy atom. The predicted molar refractivity (Wildman–Crippen MR) is 80.1 cm³/mol. The minimum Gasteiger partial charge on any atom is -0.289 e. The van der Waals surface area contributed by atoms with Crippen LogP contribution in [0.3, 0.4) is 0 Å². The normalized spacial score (nSPS) is 10.1. The third kappa shape index (κ3) is 5.19. The fraction of sp³-hybridized carbons (Fsp3) is 0.308. The van der Waals surface area contributed by atoms with Crippen LogP contribution in [0.25, 0.3) is 0 Å². The number of rotatable bonds is 6. The molecule has 1 aromatic carbocycles. The predicted octanol–water partition coefficient (Wildman–Crippen LogP) is 4.87. The van der Waals surface area contributed by atoms with Crippen LogP contribution in [0, 0.1) is 0 Å². The first kappa shape index (κ1) is 14.7. The molecule has 0 aliphatic rings. The molecule has 0 aliphatic heterocycles. The lowest BCUT2D eigenvalue weighted by Gasteiger charge is -2.03. The largest absolute Gasteiger partial charge is 0.289 e. The van der Waals surface area contributed by atoms with E-state index >= 15 is 0 Å². The summed E-state index contributed by atoms with van der Waals surface area (Å²) in [5.74, 6) is 2.00. The molecule has 0 spiro atoms. The maximum atomic E-state index is 12.0. The van der Waals surface area contributed by atoms with Crippen molar-refractivity contribution in [2.75, 3.05) is 11.5 Å². The van der Waals surface area contributed by atoms with Gasteiger partial charge in [-0.3, -0.25) is 4.79 Å². The van der Waals surface area contributed by atoms with Gasteiger partial charge < -0.3 is 0 Å². The van der Waals surface area contributed by atoms with E-state index in [9.17, 15) is 4.79 Å². The molecule has 0 heterocycles. The van der Waals surface area contributed by atoms with Gasteiger partial charge in [0.1, 0.15) is 0 Å². The van der Waals surface area contributed by atoms with Crippen molar-refractivity contribution in [2.45, 2.75) is 13.8 Å². The summed E-state index contributed by atoms with van der Waals surface area (Å²) in [5.41, 5.74) is 0.681. The molecular weight excluding hydrogens is 272 g/mol. The lowest BCUT2D eigenvalue weighted by Crippen LogP contribution is -1.94. The Kier molecular flexibility index (Phi) is 6.78. The second-order valence-corrected chi connectivity index (χ2v) is 6.51. The molecule has 0 bridgehead atoms. The van der Waals surface area contributed by atoms with Gasteiger partial charge in [0.05, 0.1) is 0 Å². The molecule has 1 rings (SSSR count). The van der Waals surface area contributed by atoms with Gasteiger partial charge in [-0.1, -0.05) is 25.4 Å². The lowest BCUT2D eigenvalue weighted by atomic mass is 10.1. The Bertz CT molecular complexity index is 390. The molecule has 4 heteroatoms. The molecule has 17 heavy (non-hydrogen) atoms. The number of halogens is 1. The Morgan fingerprint density at radius 3 is 2.18 bits per heavy atom. The number of benzene rings is 1. The first-order valence-electron chi connectivity index (χ1n) is 5.44. The summed E-state index contributed by atoms with van der Waals surface area (Å²) in [4.78, 5) is 12.0. The Balaban J connectivity index is 2.80. The fourth-order valence-corrected chi connectivity index (χ4v) is 3.33. The SMILES string of the molecule is CCSC(=CC(=O)c1ccc(Cl)cc1)SCC. The number of carbonyl (C=O) groups excluding carboxylic acids is 1. The van der Waals surface area contributed by atoms with Gasteiger partial charge in [-0.05, 0) is 35.8 Å². The Labute approximate surface area is 116 Å². The van der Waals surface area contributed by atoms with Gasteiger partial charge >= 0.3 is 0 Å². The highest BCUT2D eigenvalue weighted by molar-refractivity contribution is 8.22. The van der Waals surface area contributed by atoms with E-state index in [1.165, 1.54) is 0 Å². The first-order valence-corrected chi connectivity index (χ1v) is 7.79. The second kappa shape index (κ2) is 7.85. The van der Waals surface area contributed by atoms with E-state index in [0.717, 1.165) is 15.7 Å². The highest BCUT2D eigenvalue weighted by Crippen LogP contribution is 2.28. The summed E-state index contributed by atoms with van der Waals surface area (Å²) < 4.78 is 1.08. The zero-order chi connectivity index (χ0) is 12.7. The van der Waals surface area contributed by atoms with Gasteiger partial charge in [0.2, 0.25) is 0 Å². The molecule has 0 N–H and O–H groups in total. The third-order valence-electron chi connectivity index (χ3n) is 1.95. The summed E-state index contributed by atoms with van der Waals surface area (Å²) in [6, 6.07) is 6.99. The number of ketones is 1. The first-order chi connectivity index (χ1) is 8.17. The number of hydrogen-bond donors (Lipinski definition) is 0. The molecule has 0 fully saturated rings. The van der Waals surface area contributed by atoms with E-state index in [2.05, 4.69) is 13.8 Å². The highest BCUT2D eigenvalue weighted by Gasteiger charge is 2.05. The fourth-order valence-electron chi connectivity index (χ4n) is 1.21.